The fourth-order valence-electron chi connectivity index (χ4n) is 5.36. The van der Waals surface area contributed by atoms with Crippen LogP contribution >= 0.6 is 11.3 Å². The molecule has 13 heteroatoms. The highest BCUT2D eigenvalue weighted by Gasteiger charge is 2.20. The monoisotopic (exact) mass is 653 g/mol. The number of imidazole rings is 1. The van der Waals surface area contributed by atoms with Crippen LogP contribution in [-0.2, 0) is 11.3 Å². The number of pyridine rings is 2. The van der Waals surface area contributed by atoms with Crippen molar-refractivity contribution < 1.29 is 14.0 Å². The molecule has 4 heterocycles. The SMILES string of the molecule is CC(=O)Nc1cccc(-c2ccc3nc(-c4cccnc4N)n(-c4ccc(CNC(=O)c5cc(F)cc6nc(C#N)sc56)cc4)c3n2)c1. The van der Waals surface area contributed by atoms with E-state index in [1.807, 2.05) is 77.4 Å². The van der Waals surface area contributed by atoms with Gasteiger partial charge in [-0.25, -0.2) is 24.3 Å². The van der Waals surface area contributed by atoms with Crippen molar-refractivity contribution in [2.45, 2.75) is 13.5 Å². The Morgan fingerprint density at radius 2 is 1.81 bits per heavy atom. The first-order chi connectivity index (χ1) is 23.3. The van der Waals surface area contributed by atoms with E-state index in [2.05, 4.69) is 20.6 Å². The van der Waals surface area contributed by atoms with E-state index in [4.69, 9.17) is 15.7 Å². The number of nitrogens with one attached hydrogen (secondary N) is 2. The topological polar surface area (TPSA) is 164 Å². The third kappa shape index (κ3) is 5.79. The molecule has 0 spiro atoms. The lowest BCUT2D eigenvalue weighted by molar-refractivity contribution is -0.114. The van der Waals surface area contributed by atoms with Gasteiger partial charge in [0.05, 0.1) is 27.0 Å². The third-order valence-corrected chi connectivity index (χ3v) is 8.51. The molecule has 3 aromatic carbocycles. The number of hydrogen-bond acceptors (Lipinski definition) is 9. The molecule has 7 aromatic rings. The number of nitrogens with two attached hydrogens (primary N) is 1. The highest BCUT2D eigenvalue weighted by molar-refractivity contribution is 7.19. The standard InChI is InChI=1S/C35H24FN9O2S/c1-19(46)41-23-5-2-4-21(14-23)27-11-12-28-34(43-27)45(33(44-28)25-6-3-13-39-32(25)38)24-9-7-20(8-10-24)18-40-35(47)26-15-22(36)16-29-31(26)48-30(17-37)42-29/h2-16H,18H2,1H3,(H2,38,39)(H,40,47)(H,41,46). The maximum Gasteiger partial charge on any atom is 0.253 e. The van der Waals surface area contributed by atoms with Gasteiger partial charge in [-0.15, -0.1) is 11.3 Å². The smallest absolute Gasteiger partial charge is 0.253 e. The second-order valence-electron chi connectivity index (χ2n) is 10.8. The molecule has 0 bridgehead atoms. The van der Waals surface area contributed by atoms with Gasteiger partial charge in [-0.2, -0.15) is 5.26 Å². The van der Waals surface area contributed by atoms with Gasteiger partial charge >= 0.3 is 0 Å². The van der Waals surface area contributed by atoms with Gasteiger partial charge in [0.1, 0.15) is 23.2 Å². The molecule has 2 amide bonds. The van der Waals surface area contributed by atoms with E-state index in [1.165, 1.54) is 13.0 Å². The van der Waals surface area contributed by atoms with E-state index in [1.54, 1.807) is 12.3 Å². The van der Waals surface area contributed by atoms with Crippen LogP contribution in [0.2, 0.25) is 0 Å². The van der Waals surface area contributed by atoms with E-state index in [0.29, 0.717) is 44.5 Å². The van der Waals surface area contributed by atoms with E-state index in [9.17, 15) is 19.2 Å². The summed E-state index contributed by atoms with van der Waals surface area (Å²) in [5.74, 6) is -0.404. The molecule has 0 aliphatic carbocycles. The summed E-state index contributed by atoms with van der Waals surface area (Å²) in [5, 5.41) is 15.0. The second kappa shape index (κ2) is 12.3. The molecule has 4 aromatic heterocycles. The lowest BCUT2D eigenvalue weighted by Crippen LogP contribution is -2.23. The summed E-state index contributed by atoms with van der Waals surface area (Å²) in [6.07, 6.45) is 1.61. The molecule has 234 valence electrons. The van der Waals surface area contributed by atoms with Gasteiger partial charge in [-0.05, 0) is 60.2 Å². The summed E-state index contributed by atoms with van der Waals surface area (Å²) in [7, 11) is 0. The van der Waals surface area contributed by atoms with Crippen molar-refractivity contribution in [3.63, 3.8) is 0 Å². The Morgan fingerprint density at radius 1 is 0.979 bits per heavy atom. The number of halogens is 1. The van der Waals surface area contributed by atoms with Crippen LogP contribution < -0.4 is 16.4 Å². The largest absolute Gasteiger partial charge is 0.383 e. The predicted octanol–water partition coefficient (Wildman–Crippen LogP) is 6.24. The van der Waals surface area contributed by atoms with Gasteiger partial charge in [-0.1, -0.05) is 24.3 Å². The number of nitriles is 1. The number of anilines is 2. The average molecular weight is 654 g/mol. The van der Waals surface area contributed by atoms with Gasteiger partial charge in [0.2, 0.25) is 5.91 Å². The Hall–Kier alpha value is -6.52. The minimum atomic E-state index is -0.610. The molecule has 0 atom stereocenters. The Balaban J connectivity index is 1.23. The van der Waals surface area contributed by atoms with E-state index in [-0.39, 0.29) is 28.5 Å². The number of hydrogen-bond donors (Lipinski definition) is 3. The quantitative estimate of drug-likeness (QED) is 0.182. The number of rotatable bonds is 7. The maximum atomic E-state index is 14.3. The Morgan fingerprint density at radius 3 is 2.58 bits per heavy atom. The highest BCUT2D eigenvalue weighted by atomic mass is 32.1. The molecule has 0 unspecified atom stereocenters. The number of amides is 2. The van der Waals surface area contributed by atoms with Gasteiger partial charge in [0.25, 0.3) is 5.91 Å². The molecule has 0 saturated heterocycles. The molecule has 11 nitrogen and oxygen atoms in total. The summed E-state index contributed by atoms with van der Waals surface area (Å²) in [5.41, 5.74) is 12.2. The summed E-state index contributed by atoms with van der Waals surface area (Å²) in [6, 6.07) is 26.6. The Bertz CT molecular complexity index is 2430. The van der Waals surface area contributed by atoms with Gasteiger partial charge in [0, 0.05) is 42.7 Å². The molecule has 0 aliphatic heterocycles. The van der Waals surface area contributed by atoms with Gasteiger partial charge in [0.15, 0.2) is 16.5 Å². The number of benzene rings is 3. The number of nitrogen functional groups attached to an aromatic ring is 1. The molecule has 4 N–H and O–H groups in total. The molecular formula is C35H24FN9O2S. The second-order valence-corrected chi connectivity index (χ2v) is 11.8. The van der Waals surface area contributed by atoms with Crippen molar-refractivity contribution in [2.75, 3.05) is 11.1 Å². The first-order valence-corrected chi connectivity index (χ1v) is 15.4. The van der Waals surface area contributed by atoms with Crippen molar-refractivity contribution in [1.29, 1.82) is 5.26 Å². The first kappa shape index (κ1) is 30.2. The molecule has 48 heavy (non-hydrogen) atoms. The van der Waals surface area contributed by atoms with Crippen molar-refractivity contribution in [3.8, 4) is 34.4 Å². The lowest BCUT2D eigenvalue weighted by atomic mass is 10.1. The van der Waals surface area contributed by atoms with Crippen LogP contribution in [0.1, 0.15) is 27.9 Å². The van der Waals surface area contributed by atoms with Gasteiger partial charge in [-0.3, -0.25) is 14.2 Å². The maximum absolute atomic E-state index is 14.3. The first-order valence-electron chi connectivity index (χ1n) is 14.6. The lowest BCUT2D eigenvalue weighted by Gasteiger charge is -2.12. The van der Waals surface area contributed by atoms with E-state index < -0.39 is 11.7 Å². The summed E-state index contributed by atoms with van der Waals surface area (Å²) < 4.78 is 16.6. The predicted molar refractivity (Wildman–Crippen MR) is 182 cm³/mol. The van der Waals surface area contributed by atoms with Crippen molar-refractivity contribution in [2.24, 2.45) is 0 Å². The Labute approximate surface area is 276 Å². The number of thiazole rings is 1. The number of carbonyl (C=O) groups excluding carboxylic acids is 2. The number of carbonyl (C=O) groups is 2. The van der Waals surface area contributed by atoms with Crippen LogP contribution in [0.5, 0.6) is 0 Å². The summed E-state index contributed by atoms with van der Waals surface area (Å²) in [6.45, 7) is 1.62. The molecular weight excluding hydrogens is 630 g/mol. The van der Waals surface area contributed by atoms with Crippen LogP contribution in [0.4, 0.5) is 15.9 Å². The molecule has 0 fully saturated rings. The van der Waals surface area contributed by atoms with Crippen LogP contribution in [0.3, 0.4) is 0 Å². The van der Waals surface area contributed by atoms with E-state index >= 15 is 0 Å². The molecule has 0 aliphatic rings. The molecule has 7 rings (SSSR count). The highest BCUT2D eigenvalue weighted by Crippen LogP contribution is 2.32. The van der Waals surface area contributed by atoms with Crippen LogP contribution in [0.15, 0.2) is 91.1 Å². The summed E-state index contributed by atoms with van der Waals surface area (Å²) in [4.78, 5) is 42.9. The average Bonchev–Trinajstić information content (AvgIpc) is 3.68. The van der Waals surface area contributed by atoms with Gasteiger partial charge < -0.3 is 16.4 Å². The van der Waals surface area contributed by atoms with Crippen LogP contribution in [-0.4, -0.2) is 36.3 Å². The number of fused-ring (bicyclic) bond motifs is 2. The van der Waals surface area contributed by atoms with E-state index in [0.717, 1.165) is 34.2 Å². The number of aromatic nitrogens is 5. The summed E-state index contributed by atoms with van der Waals surface area (Å²) >= 11 is 1.04. The van der Waals surface area contributed by atoms with Crippen molar-refractivity contribution >= 4 is 56.0 Å². The Kier molecular flexibility index (Phi) is 7.76. The zero-order chi connectivity index (χ0) is 33.4. The fraction of sp³-hybridized carbons (Fsp3) is 0.0571. The number of nitrogens with zero attached hydrogens (tertiary/aromatic N) is 6. The van der Waals surface area contributed by atoms with Crippen molar-refractivity contribution in [3.05, 3.63) is 113 Å². The molecule has 0 saturated carbocycles. The van der Waals surface area contributed by atoms with Crippen LogP contribution in [0, 0.1) is 17.1 Å². The van der Waals surface area contributed by atoms with Crippen molar-refractivity contribution in [1.82, 2.24) is 29.8 Å². The normalized spacial score (nSPS) is 11.0. The fourth-order valence-corrected chi connectivity index (χ4v) is 6.22. The third-order valence-electron chi connectivity index (χ3n) is 7.51. The minimum Gasteiger partial charge on any atom is -0.383 e. The van der Waals surface area contributed by atoms with Crippen LogP contribution in [0.25, 0.3) is 49.7 Å². The zero-order valence-electron chi connectivity index (χ0n) is 25.2. The zero-order valence-corrected chi connectivity index (χ0v) is 26.0. The minimum absolute atomic E-state index is 0.119. The molecule has 0 radical (unpaired) electrons.